The smallest absolute Gasteiger partial charge is 0.321 e. The average Bonchev–Trinajstić information content (AvgIpc) is 2.59. The van der Waals surface area contributed by atoms with Gasteiger partial charge in [0.25, 0.3) is 5.91 Å². The zero-order chi connectivity index (χ0) is 19.1. The van der Waals surface area contributed by atoms with E-state index in [4.69, 9.17) is 16.3 Å². The van der Waals surface area contributed by atoms with Crippen LogP contribution in [0.15, 0.2) is 18.2 Å². The van der Waals surface area contributed by atoms with Gasteiger partial charge in [0.05, 0.1) is 6.42 Å². The van der Waals surface area contributed by atoms with Crippen molar-refractivity contribution in [2.24, 2.45) is 0 Å². The summed E-state index contributed by atoms with van der Waals surface area (Å²) >= 11 is 5.85. The maximum absolute atomic E-state index is 13.7. The maximum atomic E-state index is 13.7. The lowest BCUT2D eigenvalue weighted by Crippen LogP contribution is -2.48. The minimum atomic E-state index is -1.19. The van der Waals surface area contributed by atoms with Crippen LogP contribution in [0.3, 0.4) is 0 Å². The molecule has 0 heterocycles. The second-order valence-electron chi connectivity index (χ2n) is 6.31. The Morgan fingerprint density at radius 1 is 1.27 bits per heavy atom. The van der Waals surface area contributed by atoms with Gasteiger partial charge in [-0.05, 0) is 31.9 Å². The molecule has 1 atom stereocenters. The summed E-state index contributed by atoms with van der Waals surface area (Å²) < 4.78 is 18.6. The number of amides is 3. The topological polar surface area (TPSA) is 84.5 Å². The summed E-state index contributed by atoms with van der Waals surface area (Å²) in [7, 11) is 0. The maximum Gasteiger partial charge on any atom is 0.321 e. The van der Waals surface area contributed by atoms with E-state index in [2.05, 4.69) is 10.6 Å². The predicted octanol–water partition coefficient (Wildman–Crippen LogP) is 3.11. The van der Waals surface area contributed by atoms with Crippen LogP contribution in [0.4, 0.5) is 9.18 Å². The summed E-state index contributed by atoms with van der Waals surface area (Å²) in [5.74, 6) is -2.18. The second-order valence-corrected chi connectivity index (χ2v) is 6.71. The van der Waals surface area contributed by atoms with Crippen molar-refractivity contribution >= 4 is 29.5 Å². The Labute approximate surface area is 156 Å². The number of nitrogens with one attached hydrogen (secondary N) is 2. The number of carbonyl (C=O) groups excluding carboxylic acids is 3. The van der Waals surface area contributed by atoms with Crippen LogP contribution < -0.4 is 10.6 Å². The van der Waals surface area contributed by atoms with Gasteiger partial charge in [-0.15, -0.1) is 0 Å². The van der Waals surface area contributed by atoms with Crippen molar-refractivity contribution < 1.29 is 23.5 Å². The molecule has 26 heavy (non-hydrogen) atoms. The van der Waals surface area contributed by atoms with Gasteiger partial charge in [0.2, 0.25) is 0 Å². The van der Waals surface area contributed by atoms with E-state index in [1.165, 1.54) is 25.1 Å². The van der Waals surface area contributed by atoms with E-state index in [1.807, 2.05) is 0 Å². The Morgan fingerprint density at radius 2 is 1.96 bits per heavy atom. The Kier molecular flexibility index (Phi) is 7.38. The Bertz CT molecular complexity index is 657. The third-order valence-electron chi connectivity index (χ3n) is 4.24. The van der Waals surface area contributed by atoms with Gasteiger partial charge in [-0.1, -0.05) is 36.9 Å². The van der Waals surface area contributed by atoms with Crippen LogP contribution in [0.5, 0.6) is 0 Å². The number of carbonyl (C=O) groups is 3. The summed E-state index contributed by atoms with van der Waals surface area (Å²) in [6.07, 6.45) is 3.42. The van der Waals surface area contributed by atoms with Crippen LogP contribution in [0.2, 0.25) is 5.02 Å². The van der Waals surface area contributed by atoms with Crippen molar-refractivity contribution in [3.8, 4) is 0 Å². The van der Waals surface area contributed by atoms with Crippen LogP contribution in [0, 0.1) is 5.82 Å². The number of rotatable bonds is 5. The average molecular weight is 385 g/mol. The van der Waals surface area contributed by atoms with Crippen molar-refractivity contribution in [2.75, 3.05) is 0 Å². The van der Waals surface area contributed by atoms with E-state index in [9.17, 15) is 18.8 Å². The number of esters is 1. The molecule has 0 unspecified atom stereocenters. The van der Waals surface area contributed by atoms with Gasteiger partial charge in [0, 0.05) is 16.6 Å². The molecule has 142 valence electrons. The number of hydrogen-bond acceptors (Lipinski definition) is 4. The van der Waals surface area contributed by atoms with Gasteiger partial charge >= 0.3 is 12.0 Å². The van der Waals surface area contributed by atoms with Gasteiger partial charge in [0.15, 0.2) is 6.10 Å². The van der Waals surface area contributed by atoms with E-state index in [1.54, 1.807) is 0 Å². The highest BCUT2D eigenvalue weighted by atomic mass is 35.5. The predicted molar refractivity (Wildman–Crippen MR) is 94.2 cm³/mol. The molecule has 1 aromatic carbocycles. The van der Waals surface area contributed by atoms with Gasteiger partial charge in [-0.2, -0.15) is 0 Å². The molecular weight excluding hydrogens is 363 g/mol. The first kappa shape index (κ1) is 20.2. The lowest BCUT2D eigenvalue weighted by Gasteiger charge is -2.23. The van der Waals surface area contributed by atoms with Crippen molar-refractivity contribution in [1.29, 1.82) is 0 Å². The molecule has 1 saturated carbocycles. The normalized spacial score (nSPS) is 15.8. The molecule has 1 fully saturated rings. The molecule has 0 saturated heterocycles. The number of halogens is 2. The number of ether oxygens (including phenoxy) is 1. The molecule has 1 aliphatic carbocycles. The van der Waals surface area contributed by atoms with Crippen LogP contribution in [-0.2, 0) is 20.7 Å². The van der Waals surface area contributed by atoms with Crippen LogP contribution >= 0.6 is 11.6 Å². The summed E-state index contributed by atoms with van der Waals surface area (Å²) in [5.41, 5.74) is 0.00168. The van der Waals surface area contributed by atoms with E-state index < -0.39 is 36.2 Å². The van der Waals surface area contributed by atoms with Crippen LogP contribution in [-0.4, -0.2) is 30.1 Å². The molecule has 2 N–H and O–H groups in total. The largest absolute Gasteiger partial charge is 0.452 e. The number of urea groups is 1. The SMILES string of the molecule is C[C@@H](OC(=O)Cc1c(F)cccc1Cl)C(=O)NC(=O)NC1CCCCC1. The first-order valence-electron chi connectivity index (χ1n) is 8.60. The third kappa shape index (κ3) is 5.98. The summed E-state index contributed by atoms with van der Waals surface area (Å²) in [6.45, 7) is 1.34. The Balaban J connectivity index is 1.80. The van der Waals surface area contributed by atoms with Crippen molar-refractivity contribution in [3.63, 3.8) is 0 Å². The van der Waals surface area contributed by atoms with Gasteiger partial charge in [-0.25, -0.2) is 9.18 Å². The minimum absolute atomic E-state index is 0.00168. The highest BCUT2D eigenvalue weighted by Crippen LogP contribution is 2.20. The van der Waals surface area contributed by atoms with Crippen molar-refractivity contribution in [2.45, 2.75) is 57.6 Å². The van der Waals surface area contributed by atoms with E-state index in [-0.39, 0.29) is 16.6 Å². The Hall–Kier alpha value is -2.15. The fourth-order valence-corrected chi connectivity index (χ4v) is 3.05. The van der Waals surface area contributed by atoms with Crippen molar-refractivity contribution in [1.82, 2.24) is 10.6 Å². The first-order chi connectivity index (χ1) is 12.4. The van der Waals surface area contributed by atoms with Crippen LogP contribution in [0.1, 0.15) is 44.6 Å². The molecule has 6 nitrogen and oxygen atoms in total. The quantitative estimate of drug-likeness (QED) is 0.764. The highest BCUT2D eigenvalue weighted by molar-refractivity contribution is 6.31. The van der Waals surface area contributed by atoms with E-state index in [0.29, 0.717) is 0 Å². The monoisotopic (exact) mass is 384 g/mol. The molecule has 8 heteroatoms. The van der Waals surface area contributed by atoms with Gasteiger partial charge < -0.3 is 10.1 Å². The zero-order valence-corrected chi connectivity index (χ0v) is 15.3. The lowest BCUT2D eigenvalue weighted by atomic mass is 9.96. The zero-order valence-electron chi connectivity index (χ0n) is 14.5. The summed E-state index contributed by atoms with van der Waals surface area (Å²) in [5, 5.41) is 4.99. The van der Waals surface area contributed by atoms with Gasteiger partial charge in [0.1, 0.15) is 5.82 Å². The summed E-state index contributed by atoms with van der Waals surface area (Å²) in [4.78, 5) is 35.7. The molecule has 0 spiro atoms. The number of benzene rings is 1. The standard InChI is InChI=1S/C18H22ClFN2O4/c1-11(17(24)22-18(25)21-12-6-3-2-4-7-12)26-16(23)10-13-14(19)8-5-9-15(13)20/h5,8-9,11-12H,2-4,6-7,10H2,1H3,(H2,21,22,24,25)/t11-/m1/s1. The summed E-state index contributed by atoms with van der Waals surface area (Å²) in [6, 6.07) is 3.51. The molecule has 2 rings (SSSR count). The number of hydrogen-bond donors (Lipinski definition) is 2. The second kappa shape index (κ2) is 9.52. The first-order valence-corrected chi connectivity index (χ1v) is 8.98. The molecule has 3 amide bonds. The number of imide groups is 1. The molecule has 0 radical (unpaired) electrons. The third-order valence-corrected chi connectivity index (χ3v) is 4.59. The Morgan fingerprint density at radius 3 is 2.62 bits per heavy atom. The highest BCUT2D eigenvalue weighted by Gasteiger charge is 2.23. The lowest BCUT2D eigenvalue weighted by molar-refractivity contribution is -0.153. The molecule has 1 aliphatic rings. The van der Waals surface area contributed by atoms with E-state index >= 15 is 0 Å². The fourth-order valence-electron chi connectivity index (χ4n) is 2.82. The van der Waals surface area contributed by atoms with Crippen LogP contribution in [0.25, 0.3) is 0 Å². The van der Waals surface area contributed by atoms with E-state index in [0.717, 1.165) is 32.1 Å². The molecule has 0 bridgehead atoms. The minimum Gasteiger partial charge on any atom is -0.452 e. The fraction of sp³-hybridized carbons (Fsp3) is 0.500. The molecule has 0 aromatic heterocycles. The molecular formula is C18H22ClFN2O4. The molecule has 0 aliphatic heterocycles. The van der Waals surface area contributed by atoms with Crippen molar-refractivity contribution in [3.05, 3.63) is 34.6 Å². The molecule has 1 aromatic rings. The van der Waals surface area contributed by atoms with Gasteiger partial charge in [-0.3, -0.25) is 14.9 Å².